The van der Waals surface area contributed by atoms with Gasteiger partial charge in [-0.1, -0.05) is 88.3 Å². The Balaban J connectivity index is 1.31. The van der Waals surface area contributed by atoms with Crippen molar-refractivity contribution in [2.45, 2.75) is 102 Å². The first-order valence-electron chi connectivity index (χ1n) is 13.3. The largest absolute Gasteiger partial charge is 0.378 e. The van der Waals surface area contributed by atoms with Crippen molar-refractivity contribution in [3.63, 3.8) is 0 Å². The second kappa shape index (κ2) is 17.1. The molecule has 0 aromatic heterocycles. The molecule has 0 N–H and O–H groups in total. The molecule has 1 aromatic carbocycles. The molecule has 1 fully saturated rings. The number of rotatable bonds is 18. The molecule has 1 aliphatic heterocycles. The minimum absolute atomic E-state index is 0.233. The molecule has 0 aliphatic carbocycles. The van der Waals surface area contributed by atoms with Crippen molar-refractivity contribution in [3.05, 3.63) is 29.8 Å². The molecular formula is C27H45NO5S. The first-order valence-corrected chi connectivity index (χ1v) is 14.7. The molecule has 2 rings (SSSR count). The molecule has 0 unspecified atom stereocenters. The molecular weight excluding hydrogens is 450 g/mol. The Hall–Kier alpha value is -1.44. The Labute approximate surface area is 207 Å². The smallest absolute Gasteiger partial charge is 0.296 e. The normalized spacial score (nSPS) is 14.4. The predicted octanol–water partition coefficient (Wildman–Crippen LogP) is 6.02. The van der Waals surface area contributed by atoms with Crippen LogP contribution in [0.4, 0.5) is 0 Å². The third-order valence-electron chi connectivity index (χ3n) is 6.45. The Bertz CT molecular complexity index is 773. The first-order chi connectivity index (χ1) is 16.5. The Morgan fingerprint density at radius 3 is 1.79 bits per heavy atom. The fourth-order valence-corrected chi connectivity index (χ4v) is 5.18. The molecule has 1 amide bonds. The minimum atomic E-state index is -3.62. The van der Waals surface area contributed by atoms with Crippen LogP contribution in [0, 0.1) is 6.92 Å². The summed E-state index contributed by atoms with van der Waals surface area (Å²) in [7, 11) is -3.62. The number of nitrogens with zero attached hydrogens (tertiary/aromatic N) is 1. The molecule has 1 aliphatic rings. The van der Waals surface area contributed by atoms with E-state index in [0.717, 1.165) is 50.8 Å². The lowest BCUT2D eigenvalue weighted by Crippen LogP contribution is -2.40. The summed E-state index contributed by atoms with van der Waals surface area (Å²) in [5.74, 6) is 0.295. The van der Waals surface area contributed by atoms with Crippen molar-refractivity contribution in [3.8, 4) is 0 Å². The molecule has 34 heavy (non-hydrogen) atoms. The fraction of sp³-hybridized carbons (Fsp3) is 0.741. The molecule has 194 valence electrons. The lowest BCUT2D eigenvalue weighted by Gasteiger charge is -2.26. The van der Waals surface area contributed by atoms with Crippen LogP contribution in [0.25, 0.3) is 0 Å². The molecule has 1 aromatic rings. The molecule has 0 bridgehead atoms. The van der Waals surface area contributed by atoms with Crippen LogP contribution >= 0.6 is 0 Å². The fourth-order valence-electron chi connectivity index (χ4n) is 4.24. The number of benzene rings is 1. The van der Waals surface area contributed by atoms with Crippen molar-refractivity contribution >= 4 is 16.0 Å². The topological polar surface area (TPSA) is 72.9 Å². The highest BCUT2D eigenvalue weighted by molar-refractivity contribution is 7.86. The molecule has 0 radical (unpaired) electrons. The number of unbranched alkanes of at least 4 members (excludes halogenated alkanes) is 12. The second-order valence-corrected chi connectivity index (χ2v) is 11.0. The van der Waals surface area contributed by atoms with Gasteiger partial charge in [0.1, 0.15) is 0 Å². The summed E-state index contributed by atoms with van der Waals surface area (Å²) >= 11 is 0. The van der Waals surface area contributed by atoms with Gasteiger partial charge in [0.05, 0.1) is 24.7 Å². The van der Waals surface area contributed by atoms with Crippen LogP contribution in [0.3, 0.4) is 0 Å². The summed E-state index contributed by atoms with van der Waals surface area (Å²) in [5.41, 5.74) is 1.03. The Kier molecular flexibility index (Phi) is 14.5. The Morgan fingerprint density at radius 1 is 0.794 bits per heavy atom. The van der Waals surface area contributed by atoms with Gasteiger partial charge in [0, 0.05) is 19.5 Å². The van der Waals surface area contributed by atoms with Gasteiger partial charge in [-0.25, -0.2) is 0 Å². The van der Waals surface area contributed by atoms with E-state index in [0.29, 0.717) is 25.5 Å². The van der Waals surface area contributed by atoms with Crippen molar-refractivity contribution < 1.29 is 22.1 Å². The van der Waals surface area contributed by atoms with E-state index in [4.69, 9.17) is 8.92 Å². The summed E-state index contributed by atoms with van der Waals surface area (Å²) in [4.78, 5) is 14.2. The van der Waals surface area contributed by atoms with E-state index in [9.17, 15) is 13.2 Å². The first kappa shape index (κ1) is 28.8. The summed E-state index contributed by atoms with van der Waals surface area (Å²) in [6.45, 7) is 5.07. The third kappa shape index (κ3) is 12.3. The average Bonchev–Trinajstić information content (AvgIpc) is 2.84. The van der Waals surface area contributed by atoms with E-state index in [-0.39, 0.29) is 11.5 Å². The van der Waals surface area contributed by atoms with E-state index >= 15 is 0 Å². The Morgan fingerprint density at radius 2 is 1.26 bits per heavy atom. The maximum Gasteiger partial charge on any atom is 0.296 e. The monoisotopic (exact) mass is 495 g/mol. The van der Waals surface area contributed by atoms with Gasteiger partial charge in [0.25, 0.3) is 10.1 Å². The molecule has 1 saturated heterocycles. The SMILES string of the molecule is Cc1ccc(S(=O)(=O)OCCCCCCCCCCCCCCCC(=O)N2CCOCC2)cc1. The van der Waals surface area contributed by atoms with Crippen LogP contribution in [0.5, 0.6) is 0 Å². The zero-order chi connectivity index (χ0) is 24.5. The number of amides is 1. The van der Waals surface area contributed by atoms with Crippen molar-refractivity contribution in [2.75, 3.05) is 32.9 Å². The molecule has 1 heterocycles. The molecule has 0 saturated carbocycles. The van der Waals surface area contributed by atoms with Gasteiger partial charge in [-0.3, -0.25) is 8.98 Å². The van der Waals surface area contributed by atoms with Crippen LogP contribution in [-0.2, 0) is 23.8 Å². The number of carbonyl (C=O) groups excluding carboxylic acids is 1. The predicted molar refractivity (Wildman–Crippen MR) is 136 cm³/mol. The molecule has 6 nitrogen and oxygen atoms in total. The average molecular weight is 496 g/mol. The van der Waals surface area contributed by atoms with Gasteiger partial charge in [0.15, 0.2) is 0 Å². The number of hydrogen-bond donors (Lipinski definition) is 0. The van der Waals surface area contributed by atoms with E-state index in [1.165, 1.54) is 51.4 Å². The standard InChI is InChI=1S/C27H45NO5S/c1-25-16-18-26(19-17-25)34(30,31)33-22-14-12-10-8-6-4-2-3-5-7-9-11-13-15-27(29)28-20-23-32-24-21-28/h16-19H,2-15,20-24H2,1H3. The second-order valence-electron chi connectivity index (χ2n) is 9.43. The van der Waals surface area contributed by atoms with Crippen molar-refractivity contribution in [1.82, 2.24) is 4.90 Å². The van der Waals surface area contributed by atoms with Crippen LogP contribution in [0.15, 0.2) is 29.2 Å². The number of morpholine rings is 1. The maximum atomic E-state index is 12.1. The van der Waals surface area contributed by atoms with Crippen LogP contribution in [0.2, 0.25) is 0 Å². The zero-order valence-corrected chi connectivity index (χ0v) is 22.0. The van der Waals surface area contributed by atoms with E-state index in [1.807, 2.05) is 11.8 Å². The summed E-state index contributed by atoms with van der Waals surface area (Å²) in [6.07, 6.45) is 15.9. The van der Waals surface area contributed by atoms with E-state index in [2.05, 4.69) is 0 Å². The number of hydrogen-bond acceptors (Lipinski definition) is 5. The lowest BCUT2D eigenvalue weighted by atomic mass is 10.0. The van der Waals surface area contributed by atoms with E-state index < -0.39 is 10.1 Å². The van der Waals surface area contributed by atoms with Gasteiger partial charge < -0.3 is 9.64 Å². The third-order valence-corrected chi connectivity index (χ3v) is 7.77. The summed E-state index contributed by atoms with van der Waals surface area (Å²) in [6, 6.07) is 6.77. The number of aryl methyl sites for hydroxylation is 1. The number of carbonyl (C=O) groups is 1. The minimum Gasteiger partial charge on any atom is -0.378 e. The molecule has 0 atom stereocenters. The van der Waals surface area contributed by atoms with Gasteiger partial charge in [0.2, 0.25) is 5.91 Å². The van der Waals surface area contributed by atoms with E-state index in [1.54, 1.807) is 24.3 Å². The van der Waals surface area contributed by atoms with Crippen molar-refractivity contribution in [2.24, 2.45) is 0 Å². The lowest BCUT2D eigenvalue weighted by molar-refractivity contribution is -0.135. The van der Waals surface area contributed by atoms with Gasteiger partial charge in [-0.15, -0.1) is 0 Å². The highest BCUT2D eigenvalue weighted by Crippen LogP contribution is 2.16. The highest BCUT2D eigenvalue weighted by atomic mass is 32.2. The summed E-state index contributed by atoms with van der Waals surface area (Å²) in [5, 5.41) is 0. The van der Waals surface area contributed by atoms with Gasteiger partial charge in [-0.2, -0.15) is 8.42 Å². The van der Waals surface area contributed by atoms with Crippen LogP contribution in [0.1, 0.15) is 95.5 Å². The van der Waals surface area contributed by atoms with Gasteiger partial charge >= 0.3 is 0 Å². The van der Waals surface area contributed by atoms with Crippen LogP contribution < -0.4 is 0 Å². The number of ether oxygens (including phenoxy) is 1. The quantitative estimate of drug-likeness (QED) is 0.184. The zero-order valence-electron chi connectivity index (χ0n) is 21.1. The maximum absolute atomic E-state index is 12.1. The highest BCUT2D eigenvalue weighted by Gasteiger charge is 2.16. The molecule has 7 heteroatoms. The van der Waals surface area contributed by atoms with Gasteiger partial charge in [-0.05, 0) is 31.9 Å². The van der Waals surface area contributed by atoms with Crippen molar-refractivity contribution in [1.29, 1.82) is 0 Å². The van der Waals surface area contributed by atoms with Crippen LogP contribution in [-0.4, -0.2) is 52.1 Å². The molecule has 0 spiro atoms. The summed E-state index contributed by atoms with van der Waals surface area (Å²) < 4.78 is 34.7.